The molecule has 0 amide bonds. The summed E-state index contributed by atoms with van der Waals surface area (Å²) in [6.45, 7) is 0. The minimum Gasteiger partial charge on any atom is -0.456 e. The number of furan rings is 1. The van der Waals surface area contributed by atoms with Crippen LogP contribution in [0.3, 0.4) is 0 Å². The van der Waals surface area contributed by atoms with E-state index < -0.39 is 54.4 Å². The second-order valence-electron chi connectivity index (χ2n) is 9.18. The molecule has 0 N–H and O–H groups in total. The molecule has 0 radical (unpaired) electrons. The summed E-state index contributed by atoms with van der Waals surface area (Å²) in [6.07, 6.45) is 0. The lowest BCUT2D eigenvalue weighted by molar-refractivity contribution is 0.669. The van der Waals surface area contributed by atoms with E-state index in [-0.39, 0.29) is 61.9 Å². The van der Waals surface area contributed by atoms with Gasteiger partial charge in [0.05, 0.1) is 16.4 Å². The third-order valence-electron chi connectivity index (χ3n) is 6.98. The molecule has 0 atom stereocenters. The van der Waals surface area contributed by atoms with Crippen LogP contribution in [0.15, 0.2) is 150 Å². The molecule has 0 aliphatic carbocycles. The SMILES string of the molecule is [2H]c1c([2H])c([2H])c(-c2c3c([2H])c([2H])c([2H])c([2H])c3c(-c3ccc4oc5ccccc5c4c3)c3c([2H])c([2H])c(-c4ccccc4)c([2H])c23)c([2H])c1[2H]. The molecule has 0 spiro atoms. The molecule has 0 aliphatic heterocycles. The summed E-state index contributed by atoms with van der Waals surface area (Å²) in [6, 6.07) is 14.6. The van der Waals surface area contributed by atoms with Gasteiger partial charge in [0.15, 0.2) is 0 Å². The van der Waals surface area contributed by atoms with Crippen LogP contribution in [-0.2, 0) is 0 Å². The Morgan fingerprint density at radius 1 is 0.410 bits per heavy atom. The molecular formula is C38H24O. The molecule has 1 heteroatoms. The van der Waals surface area contributed by atoms with Crippen LogP contribution in [0.2, 0.25) is 0 Å². The number of hydrogen-bond acceptors (Lipinski definition) is 1. The van der Waals surface area contributed by atoms with Crippen LogP contribution >= 0.6 is 0 Å². The van der Waals surface area contributed by atoms with Crippen molar-refractivity contribution < 1.29 is 20.9 Å². The lowest BCUT2D eigenvalue weighted by Crippen LogP contribution is -1.91. The normalized spacial score (nSPS) is 15.9. The van der Waals surface area contributed by atoms with E-state index in [1.54, 1.807) is 48.5 Å². The van der Waals surface area contributed by atoms with Crippen molar-refractivity contribution in [3.8, 4) is 33.4 Å². The highest BCUT2D eigenvalue weighted by atomic mass is 16.3. The fraction of sp³-hybridized carbons (Fsp3) is 0. The van der Waals surface area contributed by atoms with Crippen LogP contribution in [-0.4, -0.2) is 0 Å². The van der Waals surface area contributed by atoms with E-state index in [4.69, 9.17) is 14.0 Å². The first-order valence-corrected chi connectivity index (χ1v) is 12.4. The van der Waals surface area contributed by atoms with Crippen molar-refractivity contribution in [2.24, 2.45) is 0 Å². The van der Waals surface area contributed by atoms with E-state index in [0.717, 1.165) is 5.39 Å². The number of hydrogen-bond donors (Lipinski definition) is 0. The quantitative estimate of drug-likeness (QED) is 0.216. The smallest absolute Gasteiger partial charge is 0.135 e. The average Bonchev–Trinajstić information content (AvgIpc) is 3.51. The number of rotatable bonds is 3. The van der Waals surface area contributed by atoms with Crippen molar-refractivity contribution in [1.82, 2.24) is 0 Å². The van der Waals surface area contributed by atoms with Crippen molar-refractivity contribution >= 4 is 43.5 Å². The van der Waals surface area contributed by atoms with Crippen molar-refractivity contribution in [3.05, 3.63) is 145 Å². The summed E-state index contributed by atoms with van der Waals surface area (Å²) in [5.41, 5.74) is 1.59. The van der Waals surface area contributed by atoms with Crippen LogP contribution in [0.25, 0.3) is 76.9 Å². The van der Waals surface area contributed by atoms with Crippen LogP contribution in [0, 0.1) is 0 Å². The molecule has 1 aromatic heterocycles. The van der Waals surface area contributed by atoms with Gasteiger partial charge in [-0.15, -0.1) is 0 Å². The summed E-state index contributed by atoms with van der Waals surface area (Å²) in [4.78, 5) is 0. The monoisotopic (exact) mass is 508 g/mol. The minimum absolute atomic E-state index is 0.0313. The van der Waals surface area contributed by atoms with Gasteiger partial charge in [-0.2, -0.15) is 0 Å². The second-order valence-corrected chi connectivity index (χ2v) is 9.18. The first-order valence-electron chi connectivity index (χ1n) is 18.4. The zero-order chi connectivity index (χ0) is 36.2. The van der Waals surface area contributed by atoms with Crippen molar-refractivity contribution in [1.29, 1.82) is 0 Å². The maximum absolute atomic E-state index is 9.70. The Morgan fingerprint density at radius 3 is 1.90 bits per heavy atom. The van der Waals surface area contributed by atoms with Gasteiger partial charge in [-0.25, -0.2) is 0 Å². The van der Waals surface area contributed by atoms with Gasteiger partial charge in [0, 0.05) is 10.8 Å². The standard InChI is InChI=1S/C38H24O/c1-3-11-25(12-4-1)27-19-21-32-34(23-27)37(26-13-5-2-6-14-26)30-16-7-8-17-31(30)38(32)28-20-22-36-33(24-28)29-15-9-10-18-35(29)39-36/h1-24H/i2D,5D,6D,7D,8D,13D,14D,16D,17D,19D,21D,23D. The molecule has 0 saturated carbocycles. The molecule has 182 valence electrons. The Hall–Kier alpha value is -5.14. The largest absolute Gasteiger partial charge is 0.456 e. The Bertz CT molecular complexity index is 2800. The zero-order valence-electron chi connectivity index (χ0n) is 32.3. The number of para-hydroxylation sites is 1. The minimum atomic E-state index is -0.674. The second kappa shape index (κ2) is 8.72. The highest BCUT2D eigenvalue weighted by molar-refractivity contribution is 6.22. The molecule has 1 nitrogen and oxygen atoms in total. The predicted octanol–water partition coefficient (Wildman–Crippen LogP) is 10.9. The van der Waals surface area contributed by atoms with Gasteiger partial charge >= 0.3 is 0 Å². The maximum atomic E-state index is 9.70. The molecule has 8 rings (SSSR count). The molecular weight excluding hydrogens is 472 g/mol. The van der Waals surface area contributed by atoms with Gasteiger partial charge in [-0.3, -0.25) is 0 Å². The van der Waals surface area contributed by atoms with Gasteiger partial charge in [-0.05, 0) is 79.2 Å². The summed E-state index contributed by atoms with van der Waals surface area (Å²) < 4.78 is 114. The third-order valence-corrected chi connectivity index (χ3v) is 6.98. The Labute approximate surface area is 243 Å². The third kappa shape index (κ3) is 3.48. The fourth-order valence-corrected chi connectivity index (χ4v) is 5.26. The Morgan fingerprint density at radius 2 is 1.08 bits per heavy atom. The topological polar surface area (TPSA) is 13.1 Å². The van der Waals surface area contributed by atoms with E-state index in [0.29, 0.717) is 27.7 Å². The summed E-state index contributed by atoms with van der Waals surface area (Å²) in [5, 5.41) is 1.09. The van der Waals surface area contributed by atoms with Gasteiger partial charge in [-0.1, -0.05) is 121 Å². The zero-order valence-corrected chi connectivity index (χ0v) is 20.3. The molecule has 8 aromatic rings. The maximum Gasteiger partial charge on any atom is 0.135 e. The van der Waals surface area contributed by atoms with Crippen molar-refractivity contribution in [2.75, 3.05) is 0 Å². The molecule has 7 aromatic carbocycles. The van der Waals surface area contributed by atoms with Crippen LogP contribution in [0.1, 0.15) is 16.4 Å². The molecule has 0 bridgehead atoms. The average molecular weight is 509 g/mol. The van der Waals surface area contributed by atoms with E-state index in [2.05, 4.69) is 0 Å². The number of fused-ring (bicyclic) bond motifs is 5. The Balaban J connectivity index is 1.72. The molecule has 0 fully saturated rings. The highest BCUT2D eigenvalue weighted by Crippen LogP contribution is 2.45. The van der Waals surface area contributed by atoms with E-state index in [1.165, 1.54) is 0 Å². The van der Waals surface area contributed by atoms with E-state index in [1.807, 2.05) is 24.3 Å². The summed E-state index contributed by atoms with van der Waals surface area (Å²) >= 11 is 0. The first-order chi connectivity index (χ1) is 24.3. The summed E-state index contributed by atoms with van der Waals surface area (Å²) in [5.74, 6) is 0. The van der Waals surface area contributed by atoms with Crippen LogP contribution < -0.4 is 0 Å². The first kappa shape index (κ1) is 13.1. The van der Waals surface area contributed by atoms with Gasteiger partial charge < -0.3 is 4.42 Å². The molecule has 39 heavy (non-hydrogen) atoms. The lowest BCUT2D eigenvalue weighted by Gasteiger charge is -2.19. The molecule has 1 heterocycles. The van der Waals surface area contributed by atoms with Gasteiger partial charge in [0.2, 0.25) is 0 Å². The van der Waals surface area contributed by atoms with Gasteiger partial charge in [0.1, 0.15) is 11.2 Å². The summed E-state index contributed by atoms with van der Waals surface area (Å²) in [7, 11) is 0. The van der Waals surface area contributed by atoms with Crippen molar-refractivity contribution in [3.63, 3.8) is 0 Å². The predicted molar refractivity (Wildman–Crippen MR) is 165 cm³/mol. The van der Waals surface area contributed by atoms with E-state index >= 15 is 0 Å². The molecule has 0 saturated heterocycles. The fourth-order valence-electron chi connectivity index (χ4n) is 5.26. The molecule has 0 unspecified atom stereocenters. The van der Waals surface area contributed by atoms with Crippen LogP contribution in [0.4, 0.5) is 0 Å². The number of benzene rings is 7. The Kier molecular flexibility index (Phi) is 2.92. The van der Waals surface area contributed by atoms with Crippen LogP contribution in [0.5, 0.6) is 0 Å². The van der Waals surface area contributed by atoms with E-state index in [9.17, 15) is 6.85 Å². The molecule has 0 aliphatic rings. The lowest BCUT2D eigenvalue weighted by atomic mass is 9.84. The van der Waals surface area contributed by atoms with Crippen molar-refractivity contribution in [2.45, 2.75) is 0 Å². The van der Waals surface area contributed by atoms with Gasteiger partial charge in [0.25, 0.3) is 0 Å². The highest BCUT2D eigenvalue weighted by Gasteiger charge is 2.18.